The van der Waals surface area contributed by atoms with Crippen LogP contribution < -0.4 is 0 Å². The number of rotatable bonds is 5. The molecule has 15 heavy (non-hydrogen) atoms. The number of benzene rings is 1. The molecule has 0 aliphatic heterocycles. The van der Waals surface area contributed by atoms with E-state index in [1.807, 2.05) is 6.07 Å². The van der Waals surface area contributed by atoms with Crippen molar-refractivity contribution in [3.8, 4) is 0 Å². The minimum Gasteiger partial charge on any atom is -0.297 e. The van der Waals surface area contributed by atoms with Crippen LogP contribution in [0.25, 0.3) is 0 Å². The van der Waals surface area contributed by atoms with Crippen LogP contribution in [-0.2, 0) is 6.54 Å². The molecule has 1 nitrogen and oxygen atoms in total. The van der Waals surface area contributed by atoms with Crippen molar-refractivity contribution < 1.29 is 0 Å². The smallest absolute Gasteiger partial charge is 0.0240 e. The van der Waals surface area contributed by atoms with Crippen molar-refractivity contribution in [2.24, 2.45) is 0 Å². The van der Waals surface area contributed by atoms with Gasteiger partial charge in [0.15, 0.2) is 0 Å². The SMILES string of the molecule is CN(Cc1ccccc1)C(C)(C)CCCl. The molecule has 0 unspecified atom stereocenters. The highest BCUT2D eigenvalue weighted by Gasteiger charge is 2.22. The van der Waals surface area contributed by atoms with Gasteiger partial charge < -0.3 is 0 Å². The monoisotopic (exact) mass is 225 g/mol. The molecule has 0 heterocycles. The van der Waals surface area contributed by atoms with Gasteiger partial charge in [-0.1, -0.05) is 30.3 Å². The molecule has 0 saturated carbocycles. The fourth-order valence-corrected chi connectivity index (χ4v) is 1.96. The standard InChI is InChI=1S/C13H20ClN/c1-13(2,9-10-14)15(3)11-12-7-5-4-6-8-12/h4-8H,9-11H2,1-3H3. The predicted octanol–water partition coefficient (Wildman–Crippen LogP) is 3.53. The van der Waals surface area contributed by atoms with Crippen molar-refractivity contribution in [1.29, 1.82) is 0 Å². The van der Waals surface area contributed by atoms with Crippen LogP contribution in [-0.4, -0.2) is 23.4 Å². The largest absolute Gasteiger partial charge is 0.297 e. The summed E-state index contributed by atoms with van der Waals surface area (Å²) in [6, 6.07) is 10.5. The zero-order valence-corrected chi connectivity index (χ0v) is 10.6. The van der Waals surface area contributed by atoms with E-state index in [4.69, 9.17) is 11.6 Å². The van der Waals surface area contributed by atoms with Gasteiger partial charge in [-0.25, -0.2) is 0 Å². The van der Waals surface area contributed by atoms with Crippen LogP contribution in [0.15, 0.2) is 30.3 Å². The minimum atomic E-state index is 0.164. The van der Waals surface area contributed by atoms with Crippen molar-refractivity contribution in [2.45, 2.75) is 32.4 Å². The van der Waals surface area contributed by atoms with Crippen molar-refractivity contribution in [3.05, 3.63) is 35.9 Å². The second-order valence-electron chi connectivity index (χ2n) is 4.59. The third kappa shape index (κ3) is 3.84. The van der Waals surface area contributed by atoms with E-state index in [0.29, 0.717) is 5.88 Å². The molecule has 0 aromatic heterocycles. The maximum atomic E-state index is 5.81. The summed E-state index contributed by atoms with van der Waals surface area (Å²) in [6.07, 6.45) is 1.01. The average molecular weight is 226 g/mol. The molecule has 0 aliphatic carbocycles. The third-order valence-electron chi connectivity index (χ3n) is 3.00. The first-order valence-corrected chi connectivity index (χ1v) is 5.91. The molecule has 0 saturated heterocycles. The lowest BCUT2D eigenvalue weighted by atomic mass is 9.99. The van der Waals surface area contributed by atoms with Gasteiger partial charge in [0.2, 0.25) is 0 Å². The second-order valence-corrected chi connectivity index (χ2v) is 4.97. The highest BCUT2D eigenvalue weighted by molar-refractivity contribution is 6.17. The van der Waals surface area contributed by atoms with Crippen molar-refractivity contribution >= 4 is 11.6 Å². The predicted molar refractivity (Wildman–Crippen MR) is 67.3 cm³/mol. The van der Waals surface area contributed by atoms with E-state index < -0.39 is 0 Å². The Morgan fingerprint density at radius 2 is 1.80 bits per heavy atom. The summed E-state index contributed by atoms with van der Waals surface area (Å²) < 4.78 is 0. The van der Waals surface area contributed by atoms with E-state index in [1.54, 1.807) is 0 Å². The van der Waals surface area contributed by atoms with Gasteiger partial charge >= 0.3 is 0 Å². The number of hydrogen-bond acceptors (Lipinski definition) is 1. The highest BCUT2D eigenvalue weighted by Crippen LogP contribution is 2.19. The number of nitrogens with zero attached hydrogens (tertiary/aromatic N) is 1. The van der Waals surface area contributed by atoms with Crippen molar-refractivity contribution in [3.63, 3.8) is 0 Å². The first-order valence-electron chi connectivity index (χ1n) is 5.37. The molecule has 0 amide bonds. The van der Waals surface area contributed by atoms with Crippen LogP contribution >= 0.6 is 11.6 Å². The van der Waals surface area contributed by atoms with Crippen LogP contribution in [0, 0.1) is 0 Å². The van der Waals surface area contributed by atoms with Crippen molar-refractivity contribution in [2.75, 3.05) is 12.9 Å². The molecule has 1 rings (SSSR count). The summed E-state index contributed by atoms with van der Waals surface area (Å²) in [7, 11) is 2.15. The second kappa shape index (κ2) is 5.53. The molecular formula is C13H20ClN. The number of hydrogen-bond donors (Lipinski definition) is 0. The average Bonchev–Trinajstić information content (AvgIpc) is 2.19. The summed E-state index contributed by atoms with van der Waals surface area (Å²) in [5, 5.41) is 0. The Morgan fingerprint density at radius 3 is 2.33 bits per heavy atom. The van der Waals surface area contributed by atoms with Gasteiger partial charge in [-0.2, -0.15) is 0 Å². The van der Waals surface area contributed by atoms with Gasteiger partial charge in [0.05, 0.1) is 0 Å². The Bertz CT molecular complexity index is 282. The molecule has 2 heteroatoms. The summed E-state index contributed by atoms with van der Waals surface area (Å²) in [4.78, 5) is 2.35. The number of alkyl halides is 1. The lowest BCUT2D eigenvalue weighted by Gasteiger charge is -2.35. The van der Waals surface area contributed by atoms with E-state index in [-0.39, 0.29) is 5.54 Å². The molecule has 0 spiro atoms. The van der Waals surface area contributed by atoms with Crippen LogP contribution in [0.5, 0.6) is 0 Å². The summed E-state index contributed by atoms with van der Waals surface area (Å²) in [5.74, 6) is 0.714. The Balaban J connectivity index is 2.59. The lowest BCUT2D eigenvalue weighted by molar-refractivity contribution is 0.144. The summed E-state index contributed by atoms with van der Waals surface area (Å²) >= 11 is 5.81. The first kappa shape index (κ1) is 12.5. The van der Waals surface area contributed by atoms with Crippen molar-refractivity contribution in [1.82, 2.24) is 4.90 Å². The molecule has 0 radical (unpaired) electrons. The molecule has 0 bridgehead atoms. The Morgan fingerprint density at radius 1 is 1.20 bits per heavy atom. The van der Waals surface area contributed by atoms with Gasteiger partial charge in [0.1, 0.15) is 0 Å². The van der Waals surface area contributed by atoms with E-state index in [1.165, 1.54) is 5.56 Å². The summed E-state index contributed by atoms with van der Waals surface area (Å²) in [5.41, 5.74) is 1.51. The molecule has 84 valence electrons. The van der Waals surface area contributed by atoms with E-state index in [9.17, 15) is 0 Å². The van der Waals surface area contributed by atoms with Crippen LogP contribution in [0.4, 0.5) is 0 Å². The lowest BCUT2D eigenvalue weighted by Crippen LogP contribution is -2.40. The maximum Gasteiger partial charge on any atom is 0.0240 e. The maximum absolute atomic E-state index is 5.81. The van der Waals surface area contributed by atoms with Gasteiger partial charge in [-0.15, -0.1) is 11.6 Å². The van der Waals surface area contributed by atoms with Crippen LogP contribution in [0.2, 0.25) is 0 Å². The van der Waals surface area contributed by atoms with Gasteiger partial charge in [-0.05, 0) is 32.9 Å². The fourth-order valence-electron chi connectivity index (χ4n) is 1.49. The fraction of sp³-hybridized carbons (Fsp3) is 0.538. The van der Waals surface area contributed by atoms with E-state index in [0.717, 1.165) is 13.0 Å². The summed E-state index contributed by atoms with van der Waals surface area (Å²) in [6.45, 7) is 5.45. The van der Waals surface area contributed by atoms with Gasteiger partial charge in [-0.3, -0.25) is 4.90 Å². The third-order valence-corrected chi connectivity index (χ3v) is 3.19. The first-order chi connectivity index (χ1) is 7.06. The number of halogens is 1. The van der Waals surface area contributed by atoms with E-state index >= 15 is 0 Å². The van der Waals surface area contributed by atoms with Gasteiger partial charge in [0, 0.05) is 18.0 Å². The quantitative estimate of drug-likeness (QED) is 0.693. The van der Waals surface area contributed by atoms with Crippen LogP contribution in [0.3, 0.4) is 0 Å². The normalized spacial score (nSPS) is 12.1. The molecule has 1 aromatic carbocycles. The molecule has 0 fully saturated rings. The highest BCUT2D eigenvalue weighted by atomic mass is 35.5. The zero-order valence-electron chi connectivity index (χ0n) is 9.83. The van der Waals surface area contributed by atoms with E-state index in [2.05, 4.69) is 50.1 Å². The van der Waals surface area contributed by atoms with Gasteiger partial charge in [0.25, 0.3) is 0 Å². The Hall–Kier alpha value is -0.530. The Labute approximate surface area is 98.0 Å². The Kier molecular flexibility index (Phi) is 4.62. The molecule has 0 atom stereocenters. The minimum absolute atomic E-state index is 0.164. The topological polar surface area (TPSA) is 3.24 Å². The molecule has 1 aromatic rings. The molecular weight excluding hydrogens is 206 g/mol. The molecule has 0 N–H and O–H groups in total. The molecule has 0 aliphatic rings. The zero-order chi connectivity index (χ0) is 11.3. The van der Waals surface area contributed by atoms with Crippen LogP contribution in [0.1, 0.15) is 25.8 Å².